The zero-order valence-corrected chi connectivity index (χ0v) is 16.1. The van der Waals surface area contributed by atoms with Gasteiger partial charge in [-0.25, -0.2) is 9.78 Å². The van der Waals surface area contributed by atoms with Gasteiger partial charge in [-0.15, -0.1) is 11.8 Å². The number of amides is 2. The van der Waals surface area contributed by atoms with Crippen molar-refractivity contribution in [2.45, 2.75) is 17.9 Å². The summed E-state index contributed by atoms with van der Waals surface area (Å²) in [6, 6.07) is 12.6. The fourth-order valence-electron chi connectivity index (χ4n) is 3.03. The van der Waals surface area contributed by atoms with E-state index in [0.717, 1.165) is 17.9 Å². The lowest BCUT2D eigenvalue weighted by Crippen LogP contribution is -2.42. The Labute approximate surface area is 163 Å². The quantitative estimate of drug-likeness (QED) is 0.798. The minimum atomic E-state index is -0.316. The second-order valence-corrected chi connectivity index (χ2v) is 7.18. The van der Waals surface area contributed by atoms with Gasteiger partial charge in [0.05, 0.1) is 5.56 Å². The molecule has 27 heavy (non-hydrogen) atoms. The number of aromatic nitrogens is 1. The number of para-hydroxylation sites is 1. The van der Waals surface area contributed by atoms with Crippen molar-refractivity contribution in [2.24, 2.45) is 5.92 Å². The molecule has 0 atom stereocenters. The third kappa shape index (κ3) is 5.23. The highest BCUT2D eigenvalue weighted by Crippen LogP contribution is 2.20. The maximum Gasteiger partial charge on any atom is 0.415 e. The molecular weight excluding hydrogens is 362 g/mol. The Morgan fingerprint density at radius 2 is 1.93 bits per heavy atom. The SMILES string of the molecule is CSc1ncccc1C(=O)NCC1CCN(C(=O)Oc2ccccc2)CC1. The Balaban J connectivity index is 1.44. The molecule has 3 rings (SSSR count). The number of rotatable bonds is 5. The van der Waals surface area contributed by atoms with Crippen LogP contribution in [0.2, 0.25) is 0 Å². The number of hydrogen-bond acceptors (Lipinski definition) is 5. The molecule has 1 aromatic heterocycles. The van der Waals surface area contributed by atoms with Gasteiger partial charge in [0, 0.05) is 25.8 Å². The van der Waals surface area contributed by atoms with Crippen LogP contribution in [0.4, 0.5) is 4.79 Å². The molecule has 6 nitrogen and oxygen atoms in total. The minimum Gasteiger partial charge on any atom is -0.410 e. The molecule has 1 saturated heterocycles. The summed E-state index contributed by atoms with van der Waals surface area (Å²) in [6.07, 6.45) is 4.96. The number of nitrogens with one attached hydrogen (secondary N) is 1. The zero-order chi connectivity index (χ0) is 19.1. The third-order valence-corrected chi connectivity index (χ3v) is 5.29. The van der Waals surface area contributed by atoms with Crippen molar-refractivity contribution >= 4 is 23.8 Å². The number of benzene rings is 1. The number of pyridine rings is 1. The van der Waals surface area contributed by atoms with E-state index in [1.807, 2.05) is 24.5 Å². The van der Waals surface area contributed by atoms with Gasteiger partial charge in [-0.3, -0.25) is 4.79 Å². The normalized spacial score (nSPS) is 14.6. The molecule has 0 unspecified atom stereocenters. The fourth-order valence-corrected chi connectivity index (χ4v) is 3.58. The van der Waals surface area contributed by atoms with Gasteiger partial charge < -0.3 is 15.0 Å². The average Bonchev–Trinajstić information content (AvgIpc) is 2.73. The molecule has 0 aliphatic carbocycles. The summed E-state index contributed by atoms with van der Waals surface area (Å²) in [7, 11) is 0. The lowest BCUT2D eigenvalue weighted by atomic mass is 9.97. The summed E-state index contributed by atoms with van der Waals surface area (Å²) in [5, 5.41) is 3.73. The first-order valence-electron chi connectivity index (χ1n) is 8.96. The summed E-state index contributed by atoms with van der Waals surface area (Å²) >= 11 is 1.46. The van der Waals surface area contributed by atoms with Crippen LogP contribution in [-0.2, 0) is 0 Å². The van der Waals surface area contributed by atoms with Crippen LogP contribution < -0.4 is 10.1 Å². The van der Waals surface area contributed by atoms with Crippen molar-refractivity contribution in [3.63, 3.8) is 0 Å². The Kier molecular flexibility index (Phi) is 6.70. The molecule has 1 fully saturated rings. The summed E-state index contributed by atoms with van der Waals surface area (Å²) in [6.45, 7) is 1.87. The van der Waals surface area contributed by atoms with Crippen LogP contribution >= 0.6 is 11.8 Å². The first kappa shape index (κ1) is 19.2. The third-order valence-electron chi connectivity index (χ3n) is 4.58. The predicted molar refractivity (Wildman–Crippen MR) is 105 cm³/mol. The number of piperidine rings is 1. The van der Waals surface area contributed by atoms with Gasteiger partial charge in [-0.2, -0.15) is 0 Å². The molecular formula is C20H23N3O3S. The molecule has 142 valence electrons. The molecule has 1 N–H and O–H groups in total. The fraction of sp³-hybridized carbons (Fsp3) is 0.350. The van der Waals surface area contributed by atoms with Crippen molar-refractivity contribution in [1.29, 1.82) is 0 Å². The molecule has 1 aromatic carbocycles. The van der Waals surface area contributed by atoms with Crippen molar-refractivity contribution in [2.75, 3.05) is 25.9 Å². The molecule has 2 heterocycles. The Morgan fingerprint density at radius 3 is 2.63 bits per heavy atom. The molecule has 2 aromatic rings. The molecule has 0 radical (unpaired) electrons. The molecule has 2 amide bonds. The molecule has 1 aliphatic heterocycles. The zero-order valence-electron chi connectivity index (χ0n) is 15.3. The van der Waals surface area contributed by atoms with Gasteiger partial charge in [-0.05, 0) is 49.3 Å². The number of carbonyl (C=O) groups is 2. The van der Waals surface area contributed by atoms with E-state index in [9.17, 15) is 9.59 Å². The van der Waals surface area contributed by atoms with Crippen LogP contribution in [-0.4, -0.2) is 47.8 Å². The first-order valence-corrected chi connectivity index (χ1v) is 10.2. The van der Waals surface area contributed by atoms with E-state index in [1.54, 1.807) is 35.4 Å². The van der Waals surface area contributed by atoms with Crippen molar-refractivity contribution in [1.82, 2.24) is 15.2 Å². The van der Waals surface area contributed by atoms with Crippen LogP contribution in [0.1, 0.15) is 23.2 Å². The first-order chi connectivity index (χ1) is 13.2. The van der Waals surface area contributed by atoms with Gasteiger partial charge in [0.1, 0.15) is 10.8 Å². The van der Waals surface area contributed by atoms with Crippen LogP contribution in [0.3, 0.4) is 0 Å². The highest BCUT2D eigenvalue weighted by molar-refractivity contribution is 7.98. The molecule has 0 saturated carbocycles. The number of hydrogen-bond donors (Lipinski definition) is 1. The molecule has 0 bridgehead atoms. The number of ether oxygens (including phenoxy) is 1. The number of carbonyl (C=O) groups excluding carboxylic acids is 2. The van der Waals surface area contributed by atoms with Gasteiger partial charge in [-0.1, -0.05) is 18.2 Å². The van der Waals surface area contributed by atoms with E-state index >= 15 is 0 Å². The largest absolute Gasteiger partial charge is 0.415 e. The summed E-state index contributed by atoms with van der Waals surface area (Å²) < 4.78 is 5.38. The predicted octanol–water partition coefficient (Wildman–Crippen LogP) is 3.44. The van der Waals surface area contributed by atoms with Crippen LogP contribution in [0.15, 0.2) is 53.7 Å². The molecule has 1 aliphatic rings. The summed E-state index contributed by atoms with van der Waals surface area (Å²) in [4.78, 5) is 30.6. The van der Waals surface area contributed by atoms with Crippen LogP contribution in [0.5, 0.6) is 5.75 Å². The average molecular weight is 385 g/mol. The second-order valence-electron chi connectivity index (χ2n) is 6.38. The molecule has 0 spiro atoms. The highest BCUT2D eigenvalue weighted by Gasteiger charge is 2.24. The van der Waals surface area contributed by atoms with E-state index in [-0.39, 0.29) is 12.0 Å². The molecule has 7 heteroatoms. The van der Waals surface area contributed by atoms with Crippen molar-refractivity contribution < 1.29 is 14.3 Å². The van der Waals surface area contributed by atoms with Gasteiger partial charge in [0.25, 0.3) is 5.91 Å². The Morgan fingerprint density at radius 1 is 1.19 bits per heavy atom. The van der Waals surface area contributed by atoms with Gasteiger partial charge >= 0.3 is 6.09 Å². The van der Waals surface area contributed by atoms with E-state index in [1.165, 1.54) is 11.8 Å². The number of nitrogens with zero attached hydrogens (tertiary/aromatic N) is 2. The number of thioether (sulfide) groups is 1. The van der Waals surface area contributed by atoms with Gasteiger partial charge in [0.2, 0.25) is 0 Å². The van der Waals surface area contributed by atoms with Gasteiger partial charge in [0.15, 0.2) is 0 Å². The Hall–Kier alpha value is -2.54. The topological polar surface area (TPSA) is 71.5 Å². The highest BCUT2D eigenvalue weighted by atomic mass is 32.2. The maximum atomic E-state index is 12.4. The van der Waals surface area contributed by atoms with Crippen molar-refractivity contribution in [3.05, 3.63) is 54.2 Å². The smallest absolute Gasteiger partial charge is 0.410 e. The van der Waals surface area contributed by atoms with E-state index in [2.05, 4.69) is 10.3 Å². The van der Waals surface area contributed by atoms with Crippen LogP contribution in [0, 0.1) is 5.92 Å². The van der Waals surface area contributed by atoms with Crippen molar-refractivity contribution in [3.8, 4) is 5.75 Å². The monoisotopic (exact) mass is 385 g/mol. The summed E-state index contributed by atoms with van der Waals surface area (Å²) in [5.41, 5.74) is 0.605. The number of likely N-dealkylation sites (tertiary alicyclic amines) is 1. The van der Waals surface area contributed by atoms with Crippen LogP contribution in [0.25, 0.3) is 0 Å². The van der Waals surface area contributed by atoms with E-state index in [0.29, 0.717) is 36.9 Å². The standard InChI is InChI=1S/C20H23N3O3S/c1-27-19-17(8-5-11-21-19)18(24)22-14-15-9-12-23(13-10-15)20(25)26-16-6-3-2-4-7-16/h2-8,11,15H,9-10,12-14H2,1H3,(H,22,24). The summed E-state index contributed by atoms with van der Waals surface area (Å²) in [5.74, 6) is 0.806. The maximum absolute atomic E-state index is 12.4. The van der Waals surface area contributed by atoms with E-state index in [4.69, 9.17) is 4.74 Å². The van der Waals surface area contributed by atoms with E-state index < -0.39 is 0 Å². The minimum absolute atomic E-state index is 0.0987. The Bertz CT molecular complexity index is 777. The second kappa shape index (κ2) is 9.41. The lowest BCUT2D eigenvalue weighted by Gasteiger charge is -2.31. The lowest BCUT2D eigenvalue weighted by molar-refractivity contribution is 0.0928.